The van der Waals surface area contributed by atoms with Gasteiger partial charge in [0.25, 0.3) is 0 Å². The lowest BCUT2D eigenvalue weighted by atomic mass is 10.2. The van der Waals surface area contributed by atoms with Crippen molar-refractivity contribution in [3.05, 3.63) is 24.3 Å². The molecule has 90 valence electrons. The zero-order valence-electron chi connectivity index (χ0n) is 10.1. The lowest BCUT2D eigenvalue weighted by molar-refractivity contribution is -0.159. The number of rotatable bonds is 1. The molecule has 0 radical (unpaired) electrons. The van der Waals surface area contributed by atoms with E-state index in [9.17, 15) is 4.79 Å². The highest BCUT2D eigenvalue weighted by Crippen LogP contribution is 2.30. The molecule has 0 aliphatic carbocycles. The number of nitrogens with zero attached hydrogens (tertiary/aromatic N) is 1. The van der Waals surface area contributed by atoms with Gasteiger partial charge in [-0.2, -0.15) is 0 Å². The standard InChI is InChI=1S/C13H15NO3/c1-13(2,3)17-12(15)11-8-14-9-6-4-5-7-10(9)16-11/h4-8,11H,1-3H3. The van der Waals surface area contributed by atoms with E-state index < -0.39 is 17.7 Å². The molecule has 0 spiro atoms. The van der Waals surface area contributed by atoms with Crippen LogP contribution in [0.1, 0.15) is 20.8 Å². The van der Waals surface area contributed by atoms with E-state index in [0.29, 0.717) is 5.75 Å². The fourth-order valence-corrected chi connectivity index (χ4v) is 1.45. The highest BCUT2D eigenvalue weighted by atomic mass is 16.6. The average molecular weight is 233 g/mol. The molecule has 1 heterocycles. The van der Waals surface area contributed by atoms with Gasteiger partial charge in [0.15, 0.2) is 0 Å². The lowest BCUT2D eigenvalue weighted by Crippen LogP contribution is -2.37. The minimum absolute atomic E-state index is 0.421. The number of carbonyl (C=O) groups excluding carboxylic acids is 1. The predicted molar refractivity (Wildman–Crippen MR) is 64.9 cm³/mol. The minimum Gasteiger partial charge on any atom is -0.471 e. The Kier molecular flexibility index (Phi) is 2.88. The van der Waals surface area contributed by atoms with Crippen LogP contribution in [0, 0.1) is 0 Å². The van der Waals surface area contributed by atoms with E-state index in [2.05, 4.69) is 4.99 Å². The maximum absolute atomic E-state index is 11.8. The number of fused-ring (bicyclic) bond motifs is 1. The van der Waals surface area contributed by atoms with Crippen LogP contribution in [0.5, 0.6) is 5.75 Å². The maximum atomic E-state index is 11.8. The molecule has 0 saturated carbocycles. The van der Waals surface area contributed by atoms with Gasteiger partial charge < -0.3 is 9.47 Å². The van der Waals surface area contributed by atoms with Crippen molar-refractivity contribution in [2.45, 2.75) is 32.5 Å². The van der Waals surface area contributed by atoms with Gasteiger partial charge in [-0.1, -0.05) is 12.1 Å². The largest absolute Gasteiger partial charge is 0.471 e. The van der Waals surface area contributed by atoms with Crippen LogP contribution >= 0.6 is 0 Å². The number of benzene rings is 1. The summed E-state index contributed by atoms with van der Waals surface area (Å²) in [7, 11) is 0. The minimum atomic E-state index is -0.760. The Balaban J connectivity index is 2.11. The summed E-state index contributed by atoms with van der Waals surface area (Å²) in [6.07, 6.45) is 0.709. The van der Waals surface area contributed by atoms with Crippen molar-refractivity contribution in [1.29, 1.82) is 0 Å². The van der Waals surface area contributed by atoms with Crippen LogP contribution in [-0.4, -0.2) is 23.9 Å². The molecule has 1 aromatic rings. The second-order valence-corrected chi connectivity index (χ2v) is 4.82. The molecule has 1 aromatic carbocycles. The van der Waals surface area contributed by atoms with Gasteiger partial charge in [0.05, 0.1) is 6.21 Å². The third-order valence-electron chi connectivity index (χ3n) is 2.11. The molecule has 4 heteroatoms. The van der Waals surface area contributed by atoms with Crippen molar-refractivity contribution in [3.8, 4) is 5.75 Å². The number of esters is 1. The van der Waals surface area contributed by atoms with E-state index >= 15 is 0 Å². The number of hydrogen-bond acceptors (Lipinski definition) is 4. The molecular formula is C13H15NO3. The molecule has 0 N–H and O–H groups in total. The van der Waals surface area contributed by atoms with Crippen molar-refractivity contribution in [2.75, 3.05) is 0 Å². The fraction of sp³-hybridized carbons (Fsp3) is 0.385. The Morgan fingerprint density at radius 3 is 2.76 bits per heavy atom. The zero-order valence-corrected chi connectivity index (χ0v) is 10.1. The van der Waals surface area contributed by atoms with Crippen molar-refractivity contribution >= 4 is 17.9 Å². The van der Waals surface area contributed by atoms with Crippen LogP contribution in [0.2, 0.25) is 0 Å². The molecule has 4 nitrogen and oxygen atoms in total. The Hall–Kier alpha value is -1.84. The van der Waals surface area contributed by atoms with Crippen LogP contribution in [0.4, 0.5) is 5.69 Å². The number of hydrogen-bond donors (Lipinski definition) is 0. The van der Waals surface area contributed by atoms with Gasteiger partial charge in [0, 0.05) is 0 Å². The molecule has 0 amide bonds. The molecule has 0 bridgehead atoms. The quantitative estimate of drug-likeness (QED) is 0.700. The Morgan fingerprint density at radius 1 is 1.35 bits per heavy atom. The van der Waals surface area contributed by atoms with Crippen LogP contribution in [0.3, 0.4) is 0 Å². The van der Waals surface area contributed by atoms with Crippen LogP contribution in [0.25, 0.3) is 0 Å². The molecule has 1 aliphatic rings. The normalized spacial score (nSPS) is 18.2. The molecule has 1 atom stereocenters. The maximum Gasteiger partial charge on any atom is 0.353 e. The summed E-state index contributed by atoms with van der Waals surface area (Å²) in [6, 6.07) is 7.32. The average Bonchev–Trinajstić information content (AvgIpc) is 2.26. The predicted octanol–water partition coefficient (Wildman–Crippen LogP) is 2.49. The molecule has 1 aliphatic heterocycles. The van der Waals surface area contributed by atoms with Crippen LogP contribution in [-0.2, 0) is 9.53 Å². The molecule has 1 unspecified atom stereocenters. The summed E-state index contributed by atoms with van der Waals surface area (Å²) in [5, 5.41) is 0. The van der Waals surface area contributed by atoms with Crippen molar-refractivity contribution in [3.63, 3.8) is 0 Å². The van der Waals surface area contributed by atoms with E-state index in [1.807, 2.05) is 39.0 Å². The van der Waals surface area contributed by atoms with Gasteiger partial charge in [-0.05, 0) is 32.9 Å². The molecular weight excluding hydrogens is 218 g/mol. The first-order valence-corrected chi connectivity index (χ1v) is 5.48. The Bertz CT molecular complexity index is 460. The highest BCUT2D eigenvalue weighted by molar-refractivity contribution is 5.95. The third-order valence-corrected chi connectivity index (χ3v) is 2.11. The fourth-order valence-electron chi connectivity index (χ4n) is 1.45. The van der Waals surface area contributed by atoms with Gasteiger partial charge >= 0.3 is 5.97 Å². The molecule has 0 fully saturated rings. The topological polar surface area (TPSA) is 47.9 Å². The van der Waals surface area contributed by atoms with E-state index in [1.54, 1.807) is 6.07 Å². The van der Waals surface area contributed by atoms with E-state index in [-0.39, 0.29) is 0 Å². The van der Waals surface area contributed by atoms with Crippen LogP contribution < -0.4 is 4.74 Å². The van der Waals surface area contributed by atoms with Gasteiger partial charge in [0.2, 0.25) is 6.10 Å². The van der Waals surface area contributed by atoms with Gasteiger partial charge in [-0.3, -0.25) is 4.99 Å². The van der Waals surface area contributed by atoms with E-state index in [4.69, 9.17) is 9.47 Å². The Labute approximate surface area is 100 Å². The summed E-state index contributed by atoms with van der Waals surface area (Å²) in [4.78, 5) is 16.0. The van der Waals surface area contributed by atoms with Crippen molar-refractivity contribution in [2.24, 2.45) is 4.99 Å². The van der Waals surface area contributed by atoms with Crippen LogP contribution in [0.15, 0.2) is 29.3 Å². The molecule has 17 heavy (non-hydrogen) atoms. The van der Waals surface area contributed by atoms with Gasteiger partial charge in [0.1, 0.15) is 17.0 Å². The second kappa shape index (κ2) is 4.20. The second-order valence-electron chi connectivity index (χ2n) is 4.82. The van der Waals surface area contributed by atoms with E-state index in [1.165, 1.54) is 6.21 Å². The van der Waals surface area contributed by atoms with E-state index in [0.717, 1.165) is 5.69 Å². The zero-order chi connectivity index (χ0) is 12.5. The number of para-hydroxylation sites is 2. The van der Waals surface area contributed by atoms with Gasteiger partial charge in [-0.25, -0.2) is 4.79 Å². The third kappa shape index (κ3) is 2.84. The smallest absolute Gasteiger partial charge is 0.353 e. The molecule has 0 saturated heterocycles. The first-order valence-electron chi connectivity index (χ1n) is 5.48. The van der Waals surface area contributed by atoms with Crippen molar-refractivity contribution < 1.29 is 14.3 Å². The monoisotopic (exact) mass is 233 g/mol. The number of carbonyl (C=O) groups is 1. The van der Waals surface area contributed by atoms with Crippen molar-refractivity contribution in [1.82, 2.24) is 0 Å². The first kappa shape index (κ1) is 11.6. The lowest BCUT2D eigenvalue weighted by Gasteiger charge is -2.24. The molecule has 2 rings (SSSR count). The highest BCUT2D eigenvalue weighted by Gasteiger charge is 2.28. The Morgan fingerprint density at radius 2 is 2.06 bits per heavy atom. The summed E-state index contributed by atoms with van der Waals surface area (Å²) in [5.74, 6) is 0.182. The number of ether oxygens (including phenoxy) is 2. The SMILES string of the molecule is CC(C)(C)OC(=O)C1C=Nc2ccccc2O1. The van der Waals surface area contributed by atoms with Gasteiger partial charge in [-0.15, -0.1) is 0 Å². The molecule has 0 aromatic heterocycles. The summed E-state index contributed by atoms with van der Waals surface area (Å²) < 4.78 is 10.8. The summed E-state index contributed by atoms with van der Waals surface area (Å²) in [5.41, 5.74) is 0.206. The number of aliphatic imine (C=N–C) groups is 1. The summed E-state index contributed by atoms with van der Waals surface area (Å²) >= 11 is 0. The summed E-state index contributed by atoms with van der Waals surface area (Å²) in [6.45, 7) is 5.45. The first-order chi connectivity index (χ1) is 7.96.